The van der Waals surface area contributed by atoms with Crippen molar-refractivity contribution in [2.75, 3.05) is 0 Å². The van der Waals surface area contributed by atoms with Crippen molar-refractivity contribution in [3.05, 3.63) is 99.1 Å². The summed E-state index contributed by atoms with van der Waals surface area (Å²) in [7, 11) is 0. The van der Waals surface area contributed by atoms with Crippen LogP contribution in [0.15, 0.2) is 60.7 Å². The molecule has 0 aromatic heterocycles. The Bertz CT molecular complexity index is 1370. The second-order valence-corrected chi connectivity index (χ2v) is 10.6. The smallest absolute Gasteiger partial charge is 0.370 e. The van der Waals surface area contributed by atoms with Crippen LogP contribution in [0.3, 0.4) is 0 Å². The maximum Gasteiger partial charge on any atom is 0.430 e. The highest BCUT2D eigenvalue weighted by Gasteiger charge is 2.68. The lowest BCUT2D eigenvalue weighted by atomic mass is 9.69. The number of halogens is 7. The van der Waals surface area contributed by atoms with E-state index in [9.17, 15) is 31.4 Å². The highest BCUT2D eigenvalue weighted by Crippen LogP contribution is 2.45. The van der Waals surface area contributed by atoms with Gasteiger partial charge in [-0.05, 0) is 89.8 Å². The van der Waals surface area contributed by atoms with Crippen molar-refractivity contribution >= 4 is 17.7 Å². The number of hydrogen-bond acceptors (Lipinski definition) is 1. The molecule has 8 heteroatoms. The zero-order chi connectivity index (χ0) is 30.1. The van der Waals surface area contributed by atoms with Crippen LogP contribution in [0.4, 0.5) is 26.3 Å². The molecule has 1 N–H and O–H groups in total. The van der Waals surface area contributed by atoms with Crippen LogP contribution in [-0.2, 0) is 11.8 Å². The molecule has 0 heterocycles. The van der Waals surface area contributed by atoms with Gasteiger partial charge >= 0.3 is 12.4 Å². The maximum absolute atomic E-state index is 13.1. The molecular formula is C32H33ClF6O. The topological polar surface area (TPSA) is 20.2 Å². The highest BCUT2D eigenvalue weighted by atomic mass is 35.5. The predicted molar refractivity (Wildman–Crippen MR) is 150 cm³/mol. The third kappa shape index (κ3) is 5.82. The van der Waals surface area contributed by atoms with E-state index in [1.54, 1.807) is 19.1 Å². The number of benzene rings is 3. The zero-order valence-corrected chi connectivity index (χ0v) is 23.8. The number of alkyl halides is 6. The molecule has 0 aliphatic carbocycles. The summed E-state index contributed by atoms with van der Waals surface area (Å²) < 4.78 is 78.6. The monoisotopic (exact) mass is 582 g/mol. The molecule has 0 saturated carbocycles. The molecule has 0 unspecified atom stereocenters. The van der Waals surface area contributed by atoms with E-state index < -0.39 is 23.4 Å². The van der Waals surface area contributed by atoms with E-state index in [4.69, 9.17) is 11.6 Å². The summed E-state index contributed by atoms with van der Waals surface area (Å²) in [5.41, 5.74) is 1.41. The lowest BCUT2D eigenvalue weighted by molar-refractivity contribution is -0.347. The van der Waals surface area contributed by atoms with Crippen LogP contribution in [0.5, 0.6) is 0 Å². The van der Waals surface area contributed by atoms with Gasteiger partial charge in [0, 0.05) is 10.4 Å². The molecule has 0 amide bonds. The Kier molecular flexibility index (Phi) is 9.22. The Morgan fingerprint density at radius 2 is 1.30 bits per heavy atom. The third-order valence-corrected chi connectivity index (χ3v) is 8.27. The van der Waals surface area contributed by atoms with Gasteiger partial charge < -0.3 is 5.11 Å². The largest absolute Gasteiger partial charge is 0.430 e. The van der Waals surface area contributed by atoms with Crippen LogP contribution in [0.1, 0.15) is 67.0 Å². The van der Waals surface area contributed by atoms with Gasteiger partial charge in [-0.2, -0.15) is 26.3 Å². The van der Waals surface area contributed by atoms with E-state index in [0.29, 0.717) is 16.7 Å². The first-order valence-corrected chi connectivity index (χ1v) is 13.5. The van der Waals surface area contributed by atoms with Gasteiger partial charge in [0.15, 0.2) is 0 Å². The van der Waals surface area contributed by atoms with Gasteiger partial charge in [-0.1, -0.05) is 87.0 Å². The number of aryl methyl sites for hydroxylation is 3. The van der Waals surface area contributed by atoms with Crippen molar-refractivity contribution < 1.29 is 31.4 Å². The van der Waals surface area contributed by atoms with E-state index in [2.05, 4.69) is 18.2 Å². The first kappa shape index (κ1) is 31.8. The van der Waals surface area contributed by atoms with Gasteiger partial charge in [0.05, 0.1) is 0 Å². The molecule has 40 heavy (non-hydrogen) atoms. The minimum atomic E-state index is -5.91. The van der Waals surface area contributed by atoms with E-state index in [1.807, 2.05) is 45.9 Å². The Labute approximate surface area is 236 Å². The second kappa shape index (κ2) is 11.6. The first-order chi connectivity index (χ1) is 18.5. The average Bonchev–Trinajstić information content (AvgIpc) is 2.87. The average molecular weight is 583 g/mol. The lowest BCUT2D eigenvalue weighted by Gasteiger charge is -2.34. The number of hydrogen-bond donors (Lipinski definition) is 1. The molecule has 0 radical (unpaired) electrons. The summed E-state index contributed by atoms with van der Waals surface area (Å²) in [6.45, 7) is 9.79. The van der Waals surface area contributed by atoms with Gasteiger partial charge in [0.2, 0.25) is 0 Å². The van der Waals surface area contributed by atoms with E-state index in [-0.39, 0.29) is 11.6 Å². The van der Waals surface area contributed by atoms with Crippen LogP contribution < -0.4 is 0 Å². The first-order valence-electron chi connectivity index (χ1n) is 13.1. The molecule has 0 aliphatic heterocycles. The molecule has 0 atom stereocenters. The standard InChI is InChI=1S/C32H33ClF6O/c1-6-22-9-10-24(19-28(22)33)27-14-13-26(18-21(27)5)29(7-2,8-3)25-12-11-23(20(4)17-25)15-16-30(40,31(34,35)36)32(37,38)39/h9-19,40H,6-8H2,1-5H3. The molecule has 3 rings (SSSR count). The molecule has 1 nitrogen and oxygen atoms in total. The lowest BCUT2D eigenvalue weighted by Crippen LogP contribution is -2.55. The van der Waals surface area contributed by atoms with E-state index in [1.165, 1.54) is 6.07 Å². The van der Waals surface area contributed by atoms with Crippen molar-refractivity contribution in [1.29, 1.82) is 0 Å². The van der Waals surface area contributed by atoms with Crippen LogP contribution in [0.25, 0.3) is 17.2 Å². The Balaban J connectivity index is 2.03. The Morgan fingerprint density at radius 1 is 0.750 bits per heavy atom. The zero-order valence-electron chi connectivity index (χ0n) is 23.1. The minimum Gasteiger partial charge on any atom is -0.370 e. The SMILES string of the molecule is CCc1ccc(-c2ccc(C(CC)(CC)c3ccc(C=CC(O)(C(F)(F)F)C(F)(F)F)c(C)c3)cc2C)cc1Cl. The molecule has 0 bridgehead atoms. The maximum atomic E-state index is 13.1. The third-order valence-electron chi connectivity index (χ3n) is 7.92. The van der Waals surface area contributed by atoms with Gasteiger partial charge in [0.25, 0.3) is 5.60 Å². The molecule has 216 valence electrons. The van der Waals surface area contributed by atoms with Crippen LogP contribution in [0, 0.1) is 13.8 Å². The van der Waals surface area contributed by atoms with Crippen molar-refractivity contribution in [3.8, 4) is 11.1 Å². The predicted octanol–water partition coefficient (Wildman–Crippen LogP) is 10.2. The summed E-state index contributed by atoms with van der Waals surface area (Å²) in [6, 6.07) is 17.3. The van der Waals surface area contributed by atoms with Crippen molar-refractivity contribution in [2.45, 2.75) is 77.2 Å². The summed E-state index contributed by atoms with van der Waals surface area (Å²) in [6.07, 6.45) is -9.11. The molecule has 0 spiro atoms. The molecular weight excluding hydrogens is 550 g/mol. The van der Waals surface area contributed by atoms with Crippen molar-refractivity contribution in [1.82, 2.24) is 0 Å². The molecule has 0 fully saturated rings. The van der Waals surface area contributed by atoms with Crippen molar-refractivity contribution in [3.63, 3.8) is 0 Å². The van der Waals surface area contributed by atoms with E-state index >= 15 is 0 Å². The van der Waals surface area contributed by atoms with Gasteiger partial charge in [-0.3, -0.25) is 0 Å². The van der Waals surface area contributed by atoms with Gasteiger partial charge in [0.1, 0.15) is 0 Å². The van der Waals surface area contributed by atoms with Crippen LogP contribution in [-0.4, -0.2) is 23.1 Å². The quantitative estimate of drug-likeness (QED) is 0.262. The summed E-state index contributed by atoms with van der Waals surface area (Å²) in [4.78, 5) is 0. The number of aliphatic hydroxyl groups is 1. The van der Waals surface area contributed by atoms with Gasteiger partial charge in [-0.25, -0.2) is 0 Å². The Morgan fingerprint density at radius 3 is 1.75 bits per heavy atom. The minimum absolute atomic E-state index is 0.149. The second-order valence-electron chi connectivity index (χ2n) is 10.1. The normalized spacial score (nSPS) is 13.3. The summed E-state index contributed by atoms with van der Waals surface area (Å²) >= 11 is 6.45. The molecule has 3 aromatic carbocycles. The van der Waals surface area contributed by atoms with Crippen LogP contribution in [0.2, 0.25) is 5.02 Å². The molecule has 0 saturated heterocycles. The summed E-state index contributed by atoms with van der Waals surface area (Å²) in [5, 5.41) is 10.2. The van der Waals surface area contributed by atoms with Crippen molar-refractivity contribution in [2.24, 2.45) is 0 Å². The summed E-state index contributed by atoms with van der Waals surface area (Å²) in [5.74, 6) is 0. The fourth-order valence-corrected chi connectivity index (χ4v) is 5.55. The fraction of sp³-hybridized carbons (Fsp3) is 0.375. The fourth-order valence-electron chi connectivity index (χ4n) is 5.24. The highest BCUT2D eigenvalue weighted by molar-refractivity contribution is 6.31. The molecule has 3 aromatic rings. The van der Waals surface area contributed by atoms with Crippen LogP contribution >= 0.6 is 11.6 Å². The molecule has 0 aliphatic rings. The van der Waals surface area contributed by atoms with E-state index in [0.717, 1.165) is 52.6 Å². The van der Waals surface area contributed by atoms with Gasteiger partial charge in [-0.15, -0.1) is 0 Å². The Hall–Kier alpha value is -2.77. The number of rotatable bonds is 8.